The number of hydrogen-bond acceptors (Lipinski definition) is 4. The van der Waals surface area contributed by atoms with E-state index in [2.05, 4.69) is 0 Å². The summed E-state index contributed by atoms with van der Waals surface area (Å²) >= 11 is 0. The van der Waals surface area contributed by atoms with Crippen molar-refractivity contribution in [2.45, 2.75) is 19.9 Å². The second-order valence-electron chi connectivity index (χ2n) is 3.95. The van der Waals surface area contributed by atoms with Crippen LogP contribution in [0.5, 0.6) is 0 Å². The Balaban J connectivity index is 2.37. The standard InChI is InChI=1S/C13H13NO4/c1-3-18-13(17)8(2)14-10-7-5-4-6-9(10)11(15)12(14)16/h4-8H,3H2,1-2H3/t8-/m0/s1. The summed E-state index contributed by atoms with van der Waals surface area (Å²) in [6.07, 6.45) is 0. The Morgan fingerprint density at radius 3 is 2.67 bits per heavy atom. The van der Waals surface area contributed by atoms with Crippen LogP contribution in [0.3, 0.4) is 0 Å². The zero-order valence-electron chi connectivity index (χ0n) is 10.2. The van der Waals surface area contributed by atoms with Crippen molar-refractivity contribution in [1.29, 1.82) is 0 Å². The number of fused-ring (bicyclic) bond motifs is 1. The van der Waals surface area contributed by atoms with Gasteiger partial charge in [-0.05, 0) is 26.0 Å². The van der Waals surface area contributed by atoms with Crippen molar-refractivity contribution in [1.82, 2.24) is 0 Å². The molecule has 0 saturated carbocycles. The van der Waals surface area contributed by atoms with Crippen LogP contribution in [-0.4, -0.2) is 30.3 Å². The lowest BCUT2D eigenvalue weighted by Gasteiger charge is -2.22. The minimum atomic E-state index is -0.801. The average Bonchev–Trinajstić information content (AvgIpc) is 2.62. The monoisotopic (exact) mass is 247 g/mol. The Hall–Kier alpha value is -2.17. The quantitative estimate of drug-likeness (QED) is 0.594. The van der Waals surface area contributed by atoms with Crippen molar-refractivity contribution in [2.75, 3.05) is 11.5 Å². The molecular weight excluding hydrogens is 234 g/mol. The van der Waals surface area contributed by atoms with E-state index < -0.39 is 23.7 Å². The number of rotatable bonds is 3. The fourth-order valence-electron chi connectivity index (χ4n) is 1.96. The third-order valence-corrected chi connectivity index (χ3v) is 2.84. The lowest BCUT2D eigenvalue weighted by molar-refractivity contribution is -0.145. The number of benzene rings is 1. The van der Waals surface area contributed by atoms with E-state index in [0.717, 1.165) is 0 Å². The third kappa shape index (κ3) is 1.77. The molecule has 2 rings (SSSR count). The van der Waals surface area contributed by atoms with Crippen LogP contribution < -0.4 is 4.90 Å². The van der Waals surface area contributed by atoms with E-state index in [9.17, 15) is 14.4 Å². The summed E-state index contributed by atoms with van der Waals surface area (Å²) in [6.45, 7) is 3.47. The van der Waals surface area contributed by atoms with Gasteiger partial charge in [0.25, 0.3) is 11.7 Å². The second-order valence-corrected chi connectivity index (χ2v) is 3.95. The number of ketones is 1. The number of anilines is 1. The van der Waals surface area contributed by atoms with Crippen molar-refractivity contribution in [2.24, 2.45) is 0 Å². The molecule has 1 aromatic rings. The highest BCUT2D eigenvalue weighted by Gasteiger charge is 2.40. The molecule has 1 aromatic carbocycles. The molecule has 1 atom stereocenters. The van der Waals surface area contributed by atoms with Crippen LogP contribution in [-0.2, 0) is 14.3 Å². The zero-order valence-corrected chi connectivity index (χ0v) is 10.2. The molecule has 0 saturated heterocycles. The molecule has 94 valence electrons. The molecule has 0 unspecified atom stereocenters. The van der Waals surface area contributed by atoms with Crippen molar-refractivity contribution in [3.05, 3.63) is 29.8 Å². The fourth-order valence-corrected chi connectivity index (χ4v) is 1.96. The first-order chi connectivity index (χ1) is 8.57. The topological polar surface area (TPSA) is 63.7 Å². The van der Waals surface area contributed by atoms with E-state index in [4.69, 9.17) is 4.74 Å². The van der Waals surface area contributed by atoms with Gasteiger partial charge in [0.15, 0.2) is 0 Å². The average molecular weight is 247 g/mol. The molecule has 1 amide bonds. The van der Waals surface area contributed by atoms with Crippen molar-refractivity contribution in [3.63, 3.8) is 0 Å². The van der Waals surface area contributed by atoms with Crippen LogP contribution in [0.4, 0.5) is 5.69 Å². The summed E-state index contributed by atoms with van der Waals surface area (Å²) in [4.78, 5) is 36.5. The van der Waals surface area contributed by atoms with Gasteiger partial charge in [-0.15, -0.1) is 0 Å². The summed E-state index contributed by atoms with van der Waals surface area (Å²) in [6, 6.07) is 5.82. The first-order valence-corrected chi connectivity index (χ1v) is 5.71. The zero-order chi connectivity index (χ0) is 13.3. The van der Waals surface area contributed by atoms with Gasteiger partial charge in [-0.3, -0.25) is 14.5 Å². The predicted octanol–water partition coefficient (Wildman–Crippen LogP) is 1.17. The Labute approximate surface area is 104 Å². The van der Waals surface area contributed by atoms with Gasteiger partial charge in [0, 0.05) is 0 Å². The fraction of sp³-hybridized carbons (Fsp3) is 0.308. The normalized spacial score (nSPS) is 15.6. The van der Waals surface area contributed by atoms with Crippen molar-refractivity contribution in [3.8, 4) is 0 Å². The molecule has 1 aliphatic heterocycles. The third-order valence-electron chi connectivity index (χ3n) is 2.84. The summed E-state index contributed by atoms with van der Waals surface area (Å²) in [5.74, 6) is -1.78. The van der Waals surface area contributed by atoms with Crippen LogP contribution in [0.15, 0.2) is 24.3 Å². The van der Waals surface area contributed by atoms with Gasteiger partial charge in [-0.1, -0.05) is 12.1 Å². The van der Waals surface area contributed by atoms with Gasteiger partial charge in [-0.25, -0.2) is 4.79 Å². The van der Waals surface area contributed by atoms with E-state index in [0.29, 0.717) is 11.3 Å². The van der Waals surface area contributed by atoms with Gasteiger partial charge in [0.1, 0.15) is 6.04 Å². The number of ether oxygens (including phenoxy) is 1. The van der Waals surface area contributed by atoms with Gasteiger partial charge in [-0.2, -0.15) is 0 Å². The van der Waals surface area contributed by atoms with Crippen molar-refractivity contribution < 1.29 is 19.1 Å². The molecular formula is C13H13NO4. The molecule has 1 heterocycles. The maximum Gasteiger partial charge on any atom is 0.328 e. The molecule has 0 N–H and O–H groups in total. The van der Waals surface area contributed by atoms with Crippen LogP contribution >= 0.6 is 0 Å². The lowest BCUT2D eigenvalue weighted by Crippen LogP contribution is -2.43. The molecule has 5 heteroatoms. The maximum atomic E-state index is 11.9. The molecule has 0 bridgehead atoms. The molecule has 5 nitrogen and oxygen atoms in total. The Kier molecular flexibility index (Phi) is 3.14. The number of carbonyl (C=O) groups is 3. The number of esters is 1. The number of carbonyl (C=O) groups excluding carboxylic acids is 3. The summed E-state index contributed by atoms with van der Waals surface area (Å²) in [5, 5.41) is 0. The van der Waals surface area contributed by atoms with Crippen LogP contribution in [0, 0.1) is 0 Å². The van der Waals surface area contributed by atoms with Gasteiger partial charge >= 0.3 is 5.97 Å². The smallest absolute Gasteiger partial charge is 0.328 e. The molecule has 18 heavy (non-hydrogen) atoms. The van der Waals surface area contributed by atoms with E-state index in [-0.39, 0.29) is 6.61 Å². The highest BCUT2D eigenvalue weighted by Crippen LogP contribution is 2.30. The molecule has 0 aromatic heterocycles. The summed E-state index contributed by atoms with van der Waals surface area (Å²) < 4.78 is 4.87. The Morgan fingerprint density at radius 1 is 1.33 bits per heavy atom. The van der Waals surface area contributed by atoms with E-state index >= 15 is 0 Å². The van der Waals surface area contributed by atoms with E-state index in [1.165, 1.54) is 4.90 Å². The second kappa shape index (κ2) is 4.60. The SMILES string of the molecule is CCOC(=O)[C@H](C)N1C(=O)C(=O)c2ccccc21. The molecule has 0 spiro atoms. The highest BCUT2D eigenvalue weighted by atomic mass is 16.5. The minimum Gasteiger partial charge on any atom is -0.464 e. The van der Waals surface area contributed by atoms with Crippen molar-refractivity contribution >= 4 is 23.3 Å². The highest BCUT2D eigenvalue weighted by molar-refractivity contribution is 6.52. The number of amides is 1. The lowest BCUT2D eigenvalue weighted by atomic mass is 10.1. The molecule has 1 aliphatic rings. The number of para-hydroxylation sites is 1. The Bertz CT molecular complexity index is 523. The molecule has 0 radical (unpaired) electrons. The Morgan fingerprint density at radius 2 is 2.00 bits per heavy atom. The molecule has 0 aliphatic carbocycles. The first-order valence-electron chi connectivity index (χ1n) is 5.71. The largest absolute Gasteiger partial charge is 0.464 e. The van der Waals surface area contributed by atoms with Gasteiger partial charge in [0.05, 0.1) is 17.9 Å². The number of nitrogens with zero attached hydrogens (tertiary/aromatic N) is 1. The van der Waals surface area contributed by atoms with Crippen LogP contribution in [0.25, 0.3) is 0 Å². The molecule has 0 fully saturated rings. The van der Waals surface area contributed by atoms with Gasteiger partial charge in [0.2, 0.25) is 0 Å². The minimum absolute atomic E-state index is 0.237. The summed E-state index contributed by atoms with van der Waals surface area (Å²) in [7, 11) is 0. The van der Waals surface area contributed by atoms with Crippen LogP contribution in [0.1, 0.15) is 24.2 Å². The van der Waals surface area contributed by atoms with E-state index in [1.807, 2.05) is 0 Å². The number of Topliss-reactive ketones (excluding diaryl/α,β-unsaturated/α-hetero) is 1. The van der Waals surface area contributed by atoms with E-state index in [1.54, 1.807) is 38.1 Å². The maximum absolute atomic E-state index is 11.9. The van der Waals surface area contributed by atoms with Gasteiger partial charge < -0.3 is 4.74 Å². The predicted molar refractivity (Wildman–Crippen MR) is 64.4 cm³/mol. The first kappa shape index (κ1) is 12.3. The number of hydrogen-bond donors (Lipinski definition) is 0. The van der Waals surface area contributed by atoms with Crippen LogP contribution in [0.2, 0.25) is 0 Å². The summed E-state index contributed by atoms with van der Waals surface area (Å²) in [5.41, 5.74) is 0.798.